The molecule has 0 radical (unpaired) electrons. The van der Waals surface area contributed by atoms with E-state index in [-0.39, 0.29) is 5.41 Å². The summed E-state index contributed by atoms with van der Waals surface area (Å²) in [6.45, 7) is 4.41. The minimum atomic E-state index is -0.531. The lowest BCUT2D eigenvalue weighted by Gasteiger charge is -2.36. The van der Waals surface area contributed by atoms with Gasteiger partial charge in [-0.25, -0.2) is 0 Å². The van der Waals surface area contributed by atoms with Gasteiger partial charge in [0.2, 0.25) is 0 Å². The average molecular weight is 260 g/mol. The van der Waals surface area contributed by atoms with Gasteiger partial charge in [-0.1, -0.05) is 32.0 Å². The van der Waals surface area contributed by atoms with Crippen molar-refractivity contribution in [2.45, 2.75) is 45.1 Å². The molecule has 1 heterocycles. The number of fused-ring (bicyclic) bond motifs is 1. The van der Waals surface area contributed by atoms with Crippen molar-refractivity contribution in [3.8, 4) is 0 Å². The fourth-order valence-electron chi connectivity index (χ4n) is 3.21. The molecule has 2 aromatic rings. The quantitative estimate of drug-likeness (QED) is 0.849. The SMILES string of the molecule is CC1(C)CCCC1(O)Cc1csc2ccccc12. The number of aliphatic hydroxyl groups is 1. The summed E-state index contributed by atoms with van der Waals surface area (Å²) < 4.78 is 1.33. The zero-order chi connectivity index (χ0) is 12.8. The highest BCUT2D eigenvalue weighted by molar-refractivity contribution is 7.17. The van der Waals surface area contributed by atoms with Gasteiger partial charge in [0.1, 0.15) is 0 Å². The predicted molar refractivity (Wildman–Crippen MR) is 78.1 cm³/mol. The van der Waals surface area contributed by atoms with Crippen molar-refractivity contribution >= 4 is 21.4 Å². The van der Waals surface area contributed by atoms with Crippen LogP contribution in [0.3, 0.4) is 0 Å². The van der Waals surface area contributed by atoms with E-state index in [4.69, 9.17) is 0 Å². The van der Waals surface area contributed by atoms with E-state index in [1.807, 2.05) is 0 Å². The molecule has 1 aliphatic carbocycles. The van der Waals surface area contributed by atoms with Crippen LogP contribution in [0, 0.1) is 5.41 Å². The Kier molecular flexibility index (Phi) is 2.76. The Morgan fingerprint density at radius 3 is 2.72 bits per heavy atom. The number of hydrogen-bond acceptors (Lipinski definition) is 2. The second kappa shape index (κ2) is 4.07. The number of benzene rings is 1. The molecule has 0 bridgehead atoms. The van der Waals surface area contributed by atoms with E-state index >= 15 is 0 Å². The Hall–Kier alpha value is -0.860. The van der Waals surface area contributed by atoms with Gasteiger partial charge in [-0.05, 0) is 47.1 Å². The second-order valence-corrected chi connectivity index (χ2v) is 7.11. The van der Waals surface area contributed by atoms with Gasteiger partial charge in [-0.3, -0.25) is 0 Å². The van der Waals surface area contributed by atoms with Crippen molar-refractivity contribution in [1.82, 2.24) is 0 Å². The second-order valence-electron chi connectivity index (χ2n) is 6.20. The molecule has 0 spiro atoms. The molecule has 1 unspecified atom stereocenters. The fraction of sp³-hybridized carbons (Fsp3) is 0.500. The van der Waals surface area contributed by atoms with Crippen LogP contribution < -0.4 is 0 Å². The van der Waals surface area contributed by atoms with E-state index in [0.717, 1.165) is 25.7 Å². The summed E-state index contributed by atoms with van der Waals surface area (Å²) in [5.41, 5.74) is 0.820. The molecule has 1 aliphatic rings. The normalized spacial score (nSPS) is 26.8. The van der Waals surface area contributed by atoms with Crippen LogP contribution in [0.25, 0.3) is 10.1 Å². The molecule has 0 amide bonds. The molecular formula is C16H20OS. The first-order chi connectivity index (χ1) is 8.52. The van der Waals surface area contributed by atoms with Crippen molar-refractivity contribution in [2.75, 3.05) is 0 Å². The summed E-state index contributed by atoms with van der Waals surface area (Å²) in [6.07, 6.45) is 4.01. The van der Waals surface area contributed by atoms with E-state index in [9.17, 15) is 5.11 Å². The van der Waals surface area contributed by atoms with Gasteiger partial charge in [-0.15, -0.1) is 11.3 Å². The third-order valence-corrected chi connectivity index (χ3v) is 5.71. The Balaban J connectivity index is 1.97. The summed E-state index contributed by atoms with van der Waals surface area (Å²) in [5, 5.41) is 14.5. The molecule has 2 heteroatoms. The van der Waals surface area contributed by atoms with Crippen LogP contribution in [0.15, 0.2) is 29.6 Å². The molecule has 1 saturated carbocycles. The molecule has 96 valence electrons. The largest absolute Gasteiger partial charge is 0.389 e. The minimum absolute atomic E-state index is 0.0377. The number of thiophene rings is 1. The summed E-state index contributed by atoms with van der Waals surface area (Å²) in [7, 11) is 0. The fourth-order valence-corrected chi connectivity index (χ4v) is 4.17. The van der Waals surface area contributed by atoms with Crippen molar-refractivity contribution in [2.24, 2.45) is 5.41 Å². The summed E-state index contributed by atoms with van der Waals surface area (Å²) in [6, 6.07) is 8.50. The Labute approximate surface area is 112 Å². The average Bonchev–Trinajstić information content (AvgIpc) is 2.83. The Bertz CT molecular complexity index is 569. The van der Waals surface area contributed by atoms with Gasteiger partial charge in [0, 0.05) is 11.1 Å². The van der Waals surface area contributed by atoms with E-state index < -0.39 is 5.60 Å². The van der Waals surface area contributed by atoms with Crippen LogP contribution in [0.4, 0.5) is 0 Å². The Morgan fingerprint density at radius 1 is 1.22 bits per heavy atom. The van der Waals surface area contributed by atoms with Crippen LogP contribution in [0.1, 0.15) is 38.7 Å². The first-order valence-corrected chi connectivity index (χ1v) is 7.57. The maximum atomic E-state index is 11.0. The molecule has 1 fully saturated rings. The topological polar surface area (TPSA) is 20.2 Å². The van der Waals surface area contributed by atoms with Crippen LogP contribution in [-0.2, 0) is 6.42 Å². The molecule has 0 aliphatic heterocycles. The monoisotopic (exact) mass is 260 g/mol. The summed E-state index contributed by atoms with van der Waals surface area (Å²) in [5.74, 6) is 0. The maximum absolute atomic E-state index is 11.0. The van der Waals surface area contributed by atoms with Crippen molar-refractivity contribution < 1.29 is 5.11 Å². The van der Waals surface area contributed by atoms with Crippen LogP contribution in [0.2, 0.25) is 0 Å². The number of hydrogen-bond donors (Lipinski definition) is 1. The van der Waals surface area contributed by atoms with Gasteiger partial charge < -0.3 is 5.11 Å². The highest BCUT2D eigenvalue weighted by atomic mass is 32.1. The molecular weight excluding hydrogens is 240 g/mol. The van der Waals surface area contributed by atoms with Crippen molar-refractivity contribution in [1.29, 1.82) is 0 Å². The molecule has 1 N–H and O–H groups in total. The highest BCUT2D eigenvalue weighted by Gasteiger charge is 2.47. The van der Waals surface area contributed by atoms with Gasteiger partial charge in [0.05, 0.1) is 5.60 Å². The van der Waals surface area contributed by atoms with E-state index in [2.05, 4.69) is 43.5 Å². The first-order valence-electron chi connectivity index (χ1n) is 6.69. The van der Waals surface area contributed by atoms with Crippen molar-refractivity contribution in [3.63, 3.8) is 0 Å². The molecule has 1 nitrogen and oxygen atoms in total. The lowest BCUT2D eigenvalue weighted by molar-refractivity contribution is -0.0416. The van der Waals surface area contributed by atoms with Crippen LogP contribution >= 0.6 is 11.3 Å². The zero-order valence-electron chi connectivity index (χ0n) is 11.1. The van der Waals surface area contributed by atoms with Crippen LogP contribution in [-0.4, -0.2) is 10.7 Å². The van der Waals surface area contributed by atoms with Crippen LogP contribution in [0.5, 0.6) is 0 Å². The van der Waals surface area contributed by atoms with E-state index in [0.29, 0.717) is 0 Å². The third-order valence-electron chi connectivity index (χ3n) is 4.70. The molecule has 18 heavy (non-hydrogen) atoms. The lowest BCUT2D eigenvalue weighted by Crippen LogP contribution is -2.41. The van der Waals surface area contributed by atoms with E-state index in [1.165, 1.54) is 15.6 Å². The predicted octanol–water partition coefficient (Wildman–Crippen LogP) is 4.39. The molecule has 1 atom stereocenters. The van der Waals surface area contributed by atoms with Gasteiger partial charge >= 0.3 is 0 Å². The van der Waals surface area contributed by atoms with E-state index in [1.54, 1.807) is 11.3 Å². The van der Waals surface area contributed by atoms with Gasteiger partial charge in [-0.2, -0.15) is 0 Å². The Morgan fingerprint density at radius 2 is 2.00 bits per heavy atom. The standard InChI is InChI=1S/C16H20OS/c1-15(2)8-5-9-16(15,17)10-12-11-18-14-7-4-3-6-13(12)14/h3-4,6-7,11,17H,5,8-10H2,1-2H3. The molecule has 1 aromatic heterocycles. The first kappa shape index (κ1) is 12.2. The van der Waals surface area contributed by atoms with Gasteiger partial charge in [0.25, 0.3) is 0 Å². The lowest BCUT2D eigenvalue weighted by atomic mass is 9.74. The molecule has 0 saturated heterocycles. The minimum Gasteiger partial charge on any atom is -0.389 e. The zero-order valence-corrected chi connectivity index (χ0v) is 11.9. The summed E-state index contributed by atoms with van der Waals surface area (Å²) in [4.78, 5) is 0. The van der Waals surface area contributed by atoms with Crippen molar-refractivity contribution in [3.05, 3.63) is 35.2 Å². The third kappa shape index (κ3) is 1.79. The molecule has 3 rings (SSSR count). The maximum Gasteiger partial charge on any atom is 0.0739 e. The molecule has 1 aromatic carbocycles. The smallest absolute Gasteiger partial charge is 0.0739 e. The number of rotatable bonds is 2. The van der Waals surface area contributed by atoms with Gasteiger partial charge in [0.15, 0.2) is 0 Å². The summed E-state index contributed by atoms with van der Waals surface area (Å²) >= 11 is 1.79. The highest BCUT2D eigenvalue weighted by Crippen LogP contribution is 2.48.